The SMILES string of the molecule is COc1c(C(=O)Nc2cn[nH]c2)cccc1[N+](=O)[O-]. The van der Waals surface area contributed by atoms with Gasteiger partial charge in [0.1, 0.15) is 0 Å². The molecule has 1 amide bonds. The molecule has 19 heavy (non-hydrogen) atoms. The number of amides is 1. The number of nitrogens with zero attached hydrogens (tertiary/aromatic N) is 2. The molecule has 0 unspecified atom stereocenters. The smallest absolute Gasteiger partial charge is 0.311 e. The maximum atomic E-state index is 12.0. The van der Waals surface area contributed by atoms with Gasteiger partial charge in [0.2, 0.25) is 5.75 Å². The van der Waals surface area contributed by atoms with Gasteiger partial charge in [0.05, 0.1) is 29.5 Å². The number of hydrogen-bond donors (Lipinski definition) is 2. The first kappa shape index (κ1) is 12.6. The Hall–Kier alpha value is -2.90. The first-order valence-electron chi connectivity index (χ1n) is 5.25. The number of nitro benzene ring substituents is 1. The quantitative estimate of drug-likeness (QED) is 0.642. The van der Waals surface area contributed by atoms with Gasteiger partial charge in [0.15, 0.2) is 0 Å². The molecule has 2 aromatic rings. The summed E-state index contributed by atoms with van der Waals surface area (Å²) in [5.74, 6) is -0.588. The Bertz CT molecular complexity index is 609. The van der Waals surface area contributed by atoms with Crippen LogP contribution in [0.2, 0.25) is 0 Å². The van der Waals surface area contributed by atoms with Crippen molar-refractivity contribution in [2.45, 2.75) is 0 Å². The number of aromatic nitrogens is 2. The van der Waals surface area contributed by atoms with E-state index >= 15 is 0 Å². The molecule has 98 valence electrons. The van der Waals surface area contributed by atoms with Crippen LogP contribution in [0.5, 0.6) is 5.75 Å². The second-order valence-corrected chi connectivity index (χ2v) is 3.56. The van der Waals surface area contributed by atoms with Crippen molar-refractivity contribution in [2.75, 3.05) is 12.4 Å². The van der Waals surface area contributed by atoms with Gasteiger partial charge in [-0.05, 0) is 6.07 Å². The highest BCUT2D eigenvalue weighted by atomic mass is 16.6. The number of aromatic amines is 1. The average molecular weight is 262 g/mol. The van der Waals surface area contributed by atoms with Crippen molar-refractivity contribution >= 4 is 17.3 Å². The molecule has 2 rings (SSSR count). The van der Waals surface area contributed by atoms with Gasteiger partial charge in [-0.1, -0.05) is 6.07 Å². The molecule has 0 aliphatic carbocycles. The van der Waals surface area contributed by atoms with E-state index in [1.54, 1.807) is 0 Å². The molecular weight excluding hydrogens is 252 g/mol. The zero-order valence-corrected chi connectivity index (χ0v) is 9.91. The Morgan fingerprint density at radius 2 is 2.32 bits per heavy atom. The molecule has 1 aromatic carbocycles. The number of methoxy groups -OCH3 is 1. The summed E-state index contributed by atoms with van der Waals surface area (Å²) in [6, 6.07) is 4.14. The highest BCUT2D eigenvalue weighted by molar-refractivity contribution is 6.06. The lowest BCUT2D eigenvalue weighted by Gasteiger charge is -2.08. The monoisotopic (exact) mass is 262 g/mol. The number of carbonyl (C=O) groups excluding carboxylic acids is 1. The van der Waals surface area contributed by atoms with Crippen molar-refractivity contribution in [1.29, 1.82) is 0 Å². The van der Waals surface area contributed by atoms with Crippen LogP contribution in [0.25, 0.3) is 0 Å². The zero-order valence-electron chi connectivity index (χ0n) is 9.91. The molecule has 0 fully saturated rings. The normalized spacial score (nSPS) is 9.95. The molecule has 0 atom stereocenters. The summed E-state index contributed by atoms with van der Waals surface area (Å²) in [6.45, 7) is 0. The van der Waals surface area contributed by atoms with Crippen molar-refractivity contribution in [3.05, 3.63) is 46.3 Å². The Labute approximate surface area is 107 Å². The topological polar surface area (TPSA) is 110 Å². The number of ether oxygens (including phenoxy) is 1. The molecule has 0 spiro atoms. The van der Waals surface area contributed by atoms with Crippen molar-refractivity contribution in [3.8, 4) is 5.75 Å². The van der Waals surface area contributed by atoms with E-state index in [2.05, 4.69) is 15.5 Å². The Morgan fingerprint density at radius 3 is 2.89 bits per heavy atom. The molecule has 0 bridgehead atoms. The molecule has 0 saturated carbocycles. The van der Waals surface area contributed by atoms with Crippen LogP contribution >= 0.6 is 0 Å². The van der Waals surface area contributed by atoms with Crippen molar-refractivity contribution < 1.29 is 14.5 Å². The third kappa shape index (κ3) is 2.51. The molecule has 1 aromatic heterocycles. The fraction of sp³-hybridized carbons (Fsp3) is 0.0909. The zero-order chi connectivity index (χ0) is 13.8. The maximum Gasteiger partial charge on any atom is 0.311 e. The van der Waals surface area contributed by atoms with Gasteiger partial charge >= 0.3 is 5.69 Å². The molecule has 1 heterocycles. The van der Waals surface area contributed by atoms with Gasteiger partial charge in [0, 0.05) is 12.3 Å². The summed E-state index contributed by atoms with van der Waals surface area (Å²) in [4.78, 5) is 22.3. The molecule has 0 radical (unpaired) electrons. The minimum atomic E-state index is -0.604. The Balaban J connectivity index is 2.36. The fourth-order valence-corrected chi connectivity index (χ4v) is 1.58. The number of H-pyrrole nitrogens is 1. The number of nitro groups is 1. The maximum absolute atomic E-state index is 12.0. The Kier molecular flexibility index (Phi) is 3.42. The fourth-order valence-electron chi connectivity index (χ4n) is 1.58. The van der Waals surface area contributed by atoms with E-state index in [0.29, 0.717) is 5.69 Å². The lowest BCUT2D eigenvalue weighted by molar-refractivity contribution is -0.385. The van der Waals surface area contributed by atoms with Crippen LogP contribution in [0.4, 0.5) is 11.4 Å². The largest absolute Gasteiger partial charge is 0.490 e. The van der Waals surface area contributed by atoms with E-state index in [-0.39, 0.29) is 17.0 Å². The lowest BCUT2D eigenvalue weighted by Crippen LogP contribution is -2.13. The van der Waals surface area contributed by atoms with Crippen LogP contribution in [0.3, 0.4) is 0 Å². The predicted octanol–water partition coefficient (Wildman–Crippen LogP) is 1.58. The molecule has 0 aliphatic heterocycles. The summed E-state index contributed by atoms with van der Waals surface area (Å²) in [5, 5.41) is 19.6. The van der Waals surface area contributed by atoms with Gasteiger partial charge in [0.25, 0.3) is 5.91 Å². The van der Waals surface area contributed by atoms with Crippen LogP contribution in [-0.2, 0) is 0 Å². The average Bonchev–Trinajstić information content (AvgIpc) is 2.90. The van der Waals surface area contributed by atoms with E-state index in [9.17, 15) is 14.9 Å². The number of para-hydroxylation sites is 1. The predicted molar refractivity (Wildman–Crippen MR) is 66.2 cm³/mol. The highest BCUT2D eigenvalue weighted by Crippen LogP contribution is 2.30. The number of benzene rings is 1. The number of carbonyl (C=O) groups is 1. The summed E-state index contributed by atoms with van der Waals surface area (Å²) in [5.41, 5.74) is 0.277. The molecule has 0 saturated heterocycles. The second kappa shape index (κ2) is 5.17. The number of rotatable bonds is 4. The number of anilines is 1. The van der Waals surface area contributed by atoms with Crippen molar-refractivity contribution in [2.24, 2.45) is 0 Å². The Morgan fingerprint density at radius 1 is 1.53 bits per heavy atom. The van der Waals surface area contributed by atoms with Crippen LogP contribution in [0.1, 0.15) is 10.4 Å². The second-order valence-electron chi connectivity index (χ2n) is 3.56. The van der Waals surface area contributed by atoms with Gasteiger partial charge in [-0.15, -0.1) is 0 Å². The van der Waals surface area contributed by atoms with E-state index in [0.717, 1.165) is 0 Å². The number of hydrogen-bond acceptors (Lipinski definition) is 5. The van der Waals surface area contributed by atoms with Crippen molar-refractivity contribution in [3.63, 3.8) is 0 Å². The first-order valence-corrected chi connectivity index (χ1v) is 5.25. The molecule has 8 nitrogen and oxygen atoms in total. The van der Waals surface area contributed by atoms with Crippen molar-refractivity contribution in [1.82, 2.24) is 10.2 Å². The van der Waals surface area contributed by atoms with Gasteiger partial charge < -0.3 is 10.1 Å². The third-order valence-corrected chi connectivity index (χ3v) is 2.40. The molecule has 0 aliphatic rings. The van der Waals surface area contributed by atoms with Gasteiger partial charge in [-0.3, -0.25) is 20.0 Å². The van der Waals surface area contributed by atoms with Crippen LogP contribution < -0.4 is 10.1 Å². The lowest BCUT2D eigenvalue weighted by atomic mass is 10.1. The van der Waals surface area contributed by atoms with E-state index < -0.39 is 10.8 Å². The van der Waals surface area contributed by atoms with E-state index in [1.807, 2.05) is 0 Å². The molecule has 8 heteroatoms. The molecule has 2 N–H and O–H groups in total. The summed E-state index contributed by atoms with van der Waals surface area (Å²) >= 11 is 0. The first-order chi connectivity index (χ1) is 9.13. The minimum Gasteiger partial charge on any atom is -0.490 e. The van der Waals surface area contributed by atoms with E-state index in [1.165, 1.54) is 37.7 Å². The van der Waals surface area contributed by atoms with Crippen LogP contribution in [0, 0.1) is 10.1 Å². The minimum absolute atomic E-state index is 0.0755. The highest BCUT2D eigenvalue weighted by Gasteiger charge is 2.22. The van der Waals surface area contributed by atoms with Gasteiger partial charge in [-0.25, -0.2) is 0 Å². The summed E-state index contributed by atoms with van der Waals surface area (Å²) in [7, 11) is 1.27. The summed E-state index contributed by atoms with van der Waals surface area (Å²) < 4.78 is 4.95. The van der Waals surface area contributed by atoms with Crippen LogP contribution in [0.15, 0.2) is 30.6 Å². The van der Waals surface area contributed by atoms with E-state index in [4.69, 9.17) is 4.74 Å². The molecular formula is C11H10N4O4. The third-order valence-electron chi connectivity index (χ3n) is 2.40. The number of nitrogens with one attached hydrogen (secondary N) is 2. The van der Waals surface area contributed by atoms with Gasteiger partial charge in [-0.2, -0.15) is 5.10 Å². The standard InChI is InChI=1S/C11H10N4O4/c1-19-10-8(3-2-4-9(10)15(17)18)11(16)14-7-5-12-13-6-7/h2-6H,1H3,(H,12,13)(H,14,16). The van der Waals surface area contributed by atoms with Crippen LogP contribution in [-0.4, -0.2) is 28.1 Å². The summed E-state index contributed by atoms with van der Waals surface area (Å²) in [6.07, 6.45) is 2.91.